The molecule has 1 fully saturated rings. The average molecular weight is 318 g/mol. The van der Waals surface area contributed by atoms with Gasteiger partial charge in [-0.1, -0.05) is 35.9 Å². The van der Waals surface area contributed by atoms with Crippen LogP contribution in [0.3, 0.4) is 0 Å². The van der Waals surface area contributed by atoms with Crippen LogP contribution in [-0.4, -0.2) is 12.1 Å². The standard InChI is InChI=1S/C17H20ClN3O/c1-11(22-17-5-3-2-4-14(17)18)15-10-16(21-20-15)12-6-8-13(19)9-7-12/h2-9,11,15-16,20-21H,10,19H2,1H3. The highest BCUT2D eigenvalue weighted by molar-refractivity contribution is 6.32. The zero-order valence-corrected chi connectivity index (χ0v) is 13.2. The Kier molecular flexibility index (Phi) is 4.52. The summed E-state index contributed by atoms with van der Waals surface area (Å²) < 4.78 is 5.98. The number of hydrazine groups is 1. The molecule has 0 saturated carbocycles. The van der Waals surface area contributed by atoms with Gasteiger partial charge in [-0.3, -0.25) is 5.43 Å². The molecule has 3 atom stereocenters. The Bertz CT molecular complexity index is 632. The van der Waals surface area contributed by atoms with E-state index in [4.69, 9.17) is 22.1 Å². The van der Waals surface area contributed by atoms with E-state index < -0.39 is 0 Å². The lowest BCUT2D eigenvalue weighted by atomic mass is 9.99. The molecule has 4 N–H and O–H groups in total. The van der Waals surface area contributed by atoms with Crippen LogP contribution in [0.2, 0.25) is 5.02 Å². The van der Waals surface area contributed by atoms with Crippen molar-refractivity contribution in [3.63, 3.8) is 0 Å². The van der Waals surface area contributed by atoms with Crippen molar-refractivity contribution in [3.8, 4) is 5.75 Å². The van der Waals surface area contributed by atoms with Crippen LogP contribution in [0.1, 0.15) is 24.9 Å². The highest BCUT2D eigenvalue weighted by Gasteiger charge is 2.30. The molecule has 2 aromatic carbocycles. The van der Waals surface area contributed by atoms with E-state index in [0.717, 1.165) is 17.9 Å². The van der Waals surface area contributed by atoms with E-state index in [1.165, 1.54) is 5.56 Å². The topological polar surface area (TPSA) is 59.3 Å². The minimum Gasteiger partial charge on any atom is -0.487 e. The summed E-state index contributed by atoms with van der Waals surface area (Å²) in [5.41, 5.74) is 14.4. The summed E-state index contributed by atoms with van der Waals surface area (Å²) >= 11 is 6.14. The van der Waals surface area contributed by atoms with Crippen molar-refractivity contribution in [1.29, 1.82) is 0 Å². The molecule has 1 heterocycles. The van der Waals surface area contributed by atoms with Crippen LogP contribution in [0.5, 0.6) is 5.75 Å². The summed E-state index contributed by atoms with van der Waals surface area (Å²) in [7, 11) is 0. The maximum atomic E-state index is 6.14. The molecule has 0 bridgehead atoms. The Labute approximate surface area is 135 Å². The Morgan fingerprint density at radius 1 is 1.14 bits per heavy atom. The van der Waals surface area contributed by atoms with Gasteiger partial charge in [0.05, 0.1) is 11.1 Å². The number of benzene rings is 2. The molecule has 1 saturated heterocycles. The molecule has 22 heavy (non-hydrogen) atoms. The molecule has 116 valence electrons. The predicted octanol–water partition coefficient (Wildman–Crippen LogP) is 3.30. The molecule has 0 spiro atoms. The van der Waals surface area contributed by atoms with Gasteiger partial charge >= 0.3 is 0 Å². The first-order chi connectivity index (χ1) is 10.6. The number of halogens is 1. The van der Waals surface area contributed by atoms with Crippen molar-refractivity contribution < 1.29 is 4.74 Å². The first-order valence-corrected chi connectivity index (χ1v) is 7.79. The van der Waals surface area contributed by atoms with E-state index in [2.05, 4.69) is 23.0 Å². The zero-order chi connectivity index (χ0) is 15.5. The van der Waals surface area contributed by atoms with Crippen molar-refractivity contribution >= 4 is 17.3 Å². The van der Waals surface area contributed by atoms with Gasteiger partial charge in [0.25, 0.3) is 0 Å². The lowest BCUT2D eigenvalue weighted by Crippen LogP contribution is -2.40. The van der Waals surface area contributed by atoms with Gasteiger partial charge in [0.15, 0.2) is 0 Å². The Morgan fingerprint density at radius 3 is 2.59 bits per heavy atom. The minimum atomic E-state index is 0.00572. The molecule has 0 amide bonds. The quantitative estimate of drug-likeness (QED) is 0.757. The van der Waals surface area contributed by atoms with Crippen LogP contribution in [-0.2, 0) is 0 Å². The average Bonchev–Trinajstić information content (AvgIpc) is 3.00. The number of nitrogen functional groups attached to an aromatic ring is 1. The number of ether oxygens (including phenoxy) is 1. The summed E-state index contributed by atoms with van der Waals surface area (Å²) in [5.74, 6) is 0.717. The third kappa shape index (κ3) is 3.35. The minimum absolute atomic E-state index is 0.00572. The van der Waals surface area contributed by atoms with Gasteiger partial charge in [0.1, 0.15) is 11.9 Å². The zero-order valence-electron chi connectivity index (χ0n) is 12.4. The van der Waals surface area contributed by atoms with Crippen molar-refractivity contribution in [1.82, 2.24) is 10.9 Å². The molecule has 3 unspecified atom stereocenters. The Morgan fingerprint density at radius 2 is 1.86 bits per heavy atom. The smallest absolute Gasteiger partial charge is 0.138 e. The van der Waals surface area contributed by atoms with Crippen molar-refractivity contribution in [3.05, 3.63) is 59.1 Å². The third-order valence-electron chi connectivity index (χ3n) is 3.99. The Balaban J connectivity index is 1.62. The first-order valence-electron chi connectivity index (χ1n) is 7.41. The van der Waals surface area contributed by atoms with Gasteiger partial charge in [0, 0.05) is 11.7 Å². The largest absolute Gasteiger partial charge is 0.487 e. The predicted molar refractivity (Wildman–Crippen MR) is 89.8 cm³/mol. The van der Waals surface area contributed by atoms with E-state index >= 15 is 0 Å². The number of rotatable bonds is 4. The lowest BCUT2D eigenvalue weighted by Gasteiger charge is -2.21. The molecule has 0 aromatic heterocycles. The van der Waals surface area contributed by atoms with E-state index in [1.54, 1.807) is 0 Å². The highest BCUT2D eigenvalue weighted by Crippen LogP contribution is 2.28. The van der Waals surface area contributed by atoms with E-state index in [-0.39, 0.29) is 18.2 Å². The molecule has 0 radical (unpaired) electrons. The van der Waals surface area contributed by atoms with E-state index in [1.807, 2.05) is 43.3 Å². The van der Waals surface area contributed by atoms with Gasteiger partial charge in [-0.2, -0.15) is 0 Å². The summed E-state index contributed by atoms with van der Waals surface area (Å²) in [6.45, 7) is 2.05. The normalized spacial score (nSPS) is 22.5. The van der Waals surface area contributed by atoms with Crippen molar-refractivity contribution in [2.75, 3.05) is 5.73 Å². The number of nitrogens with one attached hydrogen (secondary N) is 2. The molecule has 1 aliphatic heterocycles. The van der Waals surface area contributed by atoms with Crippen LogP contribution in [0.4, 0.5) is 5.69 Å². The van der Waals surface area contributed by atoms with Crippen LogP contribution in [0, 0.1) is 0 Å². The van der Waals surface area contributed by atoms with Crippen molar-refractivity contribution in [2.45, 2.75) is 31.5 Å². The molecule has 4 nitrogen and oxygen atoms in total. The Hall–Kier alpha value is -1.75. The number of para-hydroxylation sites is 1. The SMILES string of the molecule is CC(Oc1ccccc1Cl)C1CC(c2ccc(N)cc2)NN1. The van der Waals surface area contributed by atoms with Crippen LogP contribution in [0.25, 0.3) is 0 Å². The van der Waals surface area contributed by atoms with Gasteiger partial charge in [-0.05, 0) is 43.2 Å². The fourth-order valence-corrected chi connectivity index (χ4v) is 2.84. The highest BCUT2D eigenvalue weighted by atomic mass is 35.5. The first kappa shape index (κ1) is 15.2. The van der Waals surface area contributed by atoms with Crippen LogP contribution < -0.4 is 21.3 Å². The van der Waals surface area contributed by atoms with E-state index in [9.17, 15) is 0 Å². The van der Waals surface area contributed by atoms with Gasteiger partial charge < -0.3 is 10.5 Å². The van der Waals surface area contributed by atoms with Gasteiger partial charge in [-0.25, -0.2) is 5.43 Å². The molecule has 2 aromatic rings. The summed E-state index contributed by atoms with van der Waals surface area (Å²) in [5, 5.41) is 0.635. The lowest BCUT2D eigenvalue weighted by molar-refractivity contribution is 0.176. The molecule has 5 heteroatoms. The van der Waals surface area contributed by atoms with E-state index in [0.29, 0.717) is 5.02 Å². The molecule has 1 aliphatic rings. The van der Waals surface area contributed by atoms with Crippen molar-refractivity contribution in [2.24, 2.45) is 0 Å². The van der Waals surface area contributed by atoms with Gasteiger partial charge in [-0.15, -0.1) is 0 Å². The number of hydrogen-bond acceptors (Lipinski definition) is 4. The summed E-state index contributed by atoms with van der Waals surface area (Å²) in [6.07, 6.45) is 0.946. The number of nitrogens with two attached hydrogens (primary N) is 1. The molecule has 0 aliphatic carbocycles. The molecular formula is C17H20ClN3O. The number of anilines is 1. The molecular weight excluding hydrogens is 298 g/mol. The van der Waals surface area contributed by atoms with Gasteiger partial charge in [0.2, 0.25) is 0 Å². The monoisotopic (exact) mass is 317 g/mol. The summed E-state index contributed by atoms with van der Waals surface area (Å²) in [6, 6.07) is 16.0. The fraction of sp³-hybridized carbons (Fsp3) is 0.294. The third-order valence-corrected chi connectivity index (χ3v) is 4.30. The molecule has 3 rings (SSSR count). The van der Waals surface area contributed by atoms with Crippen LogP contribution in [0.15, 0.2) is 48.5 Å². The maximum Gasteiger partial charge on any atom is 0.138 e. The number of hydrogen-bond donors (Lipinski definition) is 3. The second-order valence-corrected chi connectivity index (χ2v) is 6.01. The maximum absolute atomic E-state index is 6.14. The second kappa shape index (κ2) is 6.57. The second-order valence-electron chi connectivity index (χ2n) is 5.60. The fourth-order valence-electron chi connectivity index (χ4n) is 2.66. The summed E-state index contributed by atoms with van der Waals surface area (Å²) in [4.78, 5) is 0. The van der Waals surface area contributed by atoms with Crippen LogP contribution >= 0.6 is 11.6 Å².